The van der Waals surface area contributed by atoms with Crippen LogP contribution in [0.15, 0.2) is 36.5 Å². The topological polar surface area (TPSA) is 43.4 Å². The van der Waals surface area contributed by atoms with Gasteiger partial charge in [-0.15, -0.1) is 0 Å². The van der Waals surface area contributed by atoms with E-state index in [9.17, 15) is 13.2 Å². The van der Waals surface area contributed by atoms with Crippen molar-refractivity contribution in [1.82, 2.24) is 4.98 Å². The average Bonchev–Trinajstić information content (AvgIpc) is 2.52. The van der Waals surface area contributed by atoms with E-state index in [1.54, 1.807) is 12.1 Å². The van der Waals surface area contributed by atoms with E-state index in [1.807, 2.05) is 12.1 Å². The predicted octanol–water partition coefficient (Wildman–Crippen LogP) is 4.01. The first-order valence-corrected chi connectivity index (χ1v) is 7.16. The first-order chi connectivity index (χ1) is 10.9. The second-order valence-corrected chi connectivity index (χ2v) is 5.34. The molecule has 3 rings (SSSR count). The Morgan fingerprint density at radius 1 is 1.26 bits per heavy atom. The Morgan fingerprint density at radius 2 is 2.00 bits per heavy atom. The third-order valence-corrected chi connectivity index (χ3v) is 3.52. The molecule has 2 aromatic rings. The van der Waals surface area contributed by atoms with Crippen molar-refractivity contribution in [2.24, 2.45) is 0 Å². The van der Waals surface area contributed by atoms with Crippen LogP contribution in [0.4, 0.5) is 19.0 Å². The summed E-state index contributed by atoms with van der Waals surface area (Å²) in [4.78, 5) is 3.71. The third-order valence-electron chi connectivity index (χ3n) is 3.23. The van der Waals surface area contributed by atoms with Gasteiger partial charge in [0.2, 0.25) is 0 Å². The summed E-state index contributed by atoms with van der Waals surface area (Å²) < 4.78 is 49.0. The van der Waals surface area contributed by atoms with Crippen LogP contribution in [0.5, 0.6) is 11.5 Å². The van der Waals surface area contributed by atoms with E-state index < -0.39 is 11.7 Å². The smallest absolute Gasteiger partial charge is 0.417 e. The van der Waals surface area contributed by atoms with E-state index >= 15 is 0 Å². The van der Waals surface area contributed by atoms with Crippen LogP contribution in [-0.2, 0) is 6.18 Å². The zero-order valence-corrected chi connectivity index (χ0v) is 12.5. The molecular formula is C15H12ClF3N2O2. The lowest BCUT2D eigenvalue weighted by Gasteiger charge is -2.26. The highest BCUT2D eigenvalue weighted by molar-refractivity contribution is 6.32. The number of aromatic nitrogens is 1. The highest BCUT2D eigenvalue weighted by Crippen LogP contribution is 2.33. The lowest BCUT2D eigenvalue weighted by molar-refractivity contribution is -0.137. The minimum absolute atomic E-state index is 0.100. The van der Waals surface area contributed by atoms with Gasteiger partial charge < -0.3 is 14.8 Å². The molecule has 0 amide bonds. The number of benzene rings is 1. The molecule has 0 aliphatic carbocycles. The van der Waals surface area contributed by atoms with E-state index in [-0.39, 0.29) is 16.9 Å². The fourth-order valence-corrected chi connectivity index (χ4v) is 2.33. The van der Waals surface area contributed by atoms with Gasteiger partial charge in [-0.3, -0.25) is 0 Å². The van der Waals surface area contributed by atoms with Crippen molar-refractivity contribution in [3.05, 3.63) is 47.1 Å². The maximum Gasteiger partial charge on any atom is 0.417 e. The zero-order chi connectivity index (χ0) is 16.4. The number of anilines is 1. The SMILES string of the molecule is FC(F)(F)c1cnc(NCC2COc3ccccc3O2)c(Cl)c1. The maximum absolute atomic E-state index is 12.6. The molecule has 4 nitrogen and oxygen atoms in total. The second-order valence-electron chi connectivity index (χ2n) is 4.93. The highest BCUT2D eigenvalue weighted by atomic mass is 35.5. The molecule has 8 heteroatoms. The van der Waals surface area contributed by atoms with Crippen LogP contribution in [0.3, 0.4) is 0 Å². The monoisotopic (exact) mass is 344 g/mol. The fraction of sp³-hybridized carbons (Fsp3) is 0.267. The Bertz CT molecular complexity index is 709. The van der Waals surface area contributed by atoms with Crippen molar-refractivity contribution in [3.63, 3.8) is 0 Å². The van der Waals surface area contributed by atoms with Crippen LogP contribution in [0.2, 0.25) is 5.02 Å². The molecule has 1 atom stereocenters. The number of ether oxygens (including phenoxy) is 2. The van der Waals surface area contributed by atoms with Crippen molar-refractivity contribution in [1.29, 1.82) is 0 Å². The van der Waals surface area contributed by atoms with Crippen molar-refractivity contribution < 1.29 is 22.6 Å². The van der Waals surface area contributed by atoms with Crippen LogP contribution < -0.4 is 14.8 Å². The van der Waals surface area contributed by atoms with E-state index in [0.717, 1.165) is 12.3 Å². The molecule has 0 fully saturated rings. The molecule has 1 N–H and O–H groups in total. The Hall–Kier alpha value is -2.15. The number of pyridine rings is 1. The molecule has 0 bridgehead atoms. The summed E-state index contributed by atoms with van der Waals surface area (Å²) >= 11 is 5.84. The number of halogens is 4. The number of alkyl halides is 3. The minimum Gasteiger partial charge on any atom is -0.486 e. The minimum atomic E-state index is -4.47. The van der Waals surface area contributed by atoms with Gasteiger partial charge in [-0.2, -0.15) is 13.2 Å². The lowest BCUT2D eigenvalue weighted by atomic mass is 10.2. The van der Waals surface area contributed by atoms with Gasteiger partial charge in [0.25, 0.3) is 0 Å². The van der Waals surface area contributed by atoms with Gasteiger partial charge in [-0.05, 0) is 18.2 Å². The molecular weight excluding hydrogens is 333 g/mol. The van der Waals surface area contributed by atoms with Gasteiger partial charge in [0, 0.05) is 6.20 Å². The molecule has 23 heavy (non-hydrogen) atoms. The molecule has 1 aliphatic rings. The van der Waals surface area contributed by atoms with Crippen LogP contribution in [0.1, 0.15) is 5.56 Å². The zero-order valence-electron chi connectivity index (χ0n) is 11.7. The van der Waals surface area contributed by atoms with Gasteiger partial charge >= 0.3 is 6.18 Å². The first-order valence-electron chi connectivity index (χ1n) is 6.78. The van der Waals surface area contributed by atoms with Gasteiger partial charge in [-0.25, -0.2) is 4.98 Å². The molecule has 1 unspecified atom stereocenters. The van der Waals surface area contributed by atoms with Gasteiger partial charge in [0.15, 0.2) is 11.5 Å². The standard InChI is InChI=1S/C15H12ClF3N2O2/c16-11-5-9(15(17,18)19)6-20-14(11)21-7-10-8-22-12-3-1-2-4-13(12)23-10/h1-6,10H,7-8H2,(H,20,21). The normalized spacial score (nSPS) is 17.0. The average molecular weight is 345 g/mol. The van der Waals surface area contributed by atoms with Crippen LogP contribution in [-0.4, -0.2) is 24.2 Å². The summed E-state index contributed by atoms with van der Waals surface area (Å²) in [6, 6.07) is 8.08. The second kappa shape index (κ2) is 6.16. The number of fused-ring (bicyclic) bond motifs is 1. The predicted molar refractivity (Wildman–Crippen MR) is 79.1 cm³/mol. The van der Waals surface area contributed by atoms with E-state index in [4.69, 9.17) is 21.1 Å². The number of hydrogen-bond donors (Lipinski definition) is 1. The molecule has 1 aromatic carbocycles. The summed E-state index contributed by atoms with van der Waals surface area (Å²) in [5.41, 5.74) is -0.890. The fourth-order valence-electron chi connectivity index (χ4n) is 2.10. The van der Waals surface area contributed by atoms with Gasteiger partial charge in [0.05, 0.1) is 17.1 Å². The number of nitrogens with zero attached hydrogens (tertiary/aromatic N) is 1. The van der Waals surface area contributed by atoms with E-state index in [0.29, 0.717) is 24.7 Å². The Labute approximate surface area is 135 Å². The van der Waals surface area contributed by atoms with Gasteiger partial charge in [-0.1, -0.05) is 23.7 Å². The maximum atomic E-state index is 12.6. The molecule has 0 saturated carbocycles. The van der Waals surface area contributed by atoms with E-state index in [2.05, 4.69) is 10.3 Å². The summed E-state index contributed by atoms with van der Waals surface area (Å²) in [5, 5.41) is 2.78. The first kappa shape index (κ1) is 15.7. The molecule has 122 valence electrons. The molecule has 1 aliphatic heterocycles. The molecule has 1 aromatic heterocycles. The summed E-state index contributed by atoms with van der Waals surface area (Å²) in [6.07, 6.45) is -4.04. The van der Waals surface area contributed by atoms with Crippen molar-refractivity contribution in [2.45, 2.75) is 12.3 Å². The quantitative estimate of drug-likeness (QED) is 0.913. The largest absolute Gasteiger partial charge is 0.486 e. The molecule has 0 saturated heterocycles. The summed E-state index contributed by atoms with van der Waals surface area (Å²) in [6.45, 7) is 0.620. The Morgan fingerprint density at radius 3 is 2.70 bits per heavy atom. The third kappa shape index (κ3) is 3.61. The van der Waals surface area contributed by atoms with Crippen molar-refractivity contribution in [3.8, 4) is 11.5 Å². The Balaban J connectivity index is 1.63. The van der Waals surface area contributed by atoms with Crippen molar-refractivity contribution in [2.75, 3.05) is 18.5 Å². The lowest BCUT2D eigenvalue weighted by Crippen LogP contribution is -2.35. The number of nitrogens with one attached hydrogen (secondary N) is 1. The van der Waals surface area contributed by atoms with Crippen LogP contribution in [0.25, 0.3) is 0 Å². The summed E-state index contributed by atoms with van der Waals surface area (Å²) in [7, 11) is 0. The van der Waals surface area contributed by atoms with E-state index in [1.165, 1.54) is 0 Å². The highest BCUT2D eigenvalue weighted by Gasteiger charge is 2.31. The van der Waals surface area contributed by atoms with Crippen LogP contribution in [0, 0.1) is 0 Å². The number of rotatable bonds is 3. The number of para-hydroxylation sites is 2. The van der Waals surface area contributed by atoms with Crippen molar-refractivity contribution >= 4 is 17.4 Å². The molecule has 2 heterocycles. The Kier molecular flexibility index (Phi) is 4.21. The summed E-state index contributed by atoms with van der Waals surface area (Å²) in [5.74, 6) is 1.45. The number of hydrogen-bond acceptors (Lipinski definition) is 4. The van der Waals surface area contributed by atoms with Gasteiger partial charge in [0.1, 0.15) is 18.5 Å². The molecule has 0 radical (unpaired) electrons. The molecule has 0 spiro atoms. The van der Waals surface area contributed by atoms with Crippen LogP contribution >= 0.6 is 11.6 Å².